The van der Waals surface area contributed by atoms with Crippen molar-refractivity contribution in [1.29, 1.82) is 0 Å². The van der Waals surface area contributed by atoms with Crippen LogP contribution in [0, 0.1) is 13.8 Å². The highest BCUT2D eigenvalue weighted by Crippen LogP contribution is 2.18. The first kappa shape index (κ1) is 6.86. The van der Waals surface area contributed by atoms with Crippen LogP contribution in [0.4, 0.5) is 11.5 Å². The molecule has 3 heteroatoms. The van der Waals surface area contributed by atoms with E-state index in [-0.39, 0.29) is 0 Å². The van der Waals surface area contributed by atoms with Gasteiger partial charge in [0.25, 0.3) is 0 Å². The van der Waals surface area contributed by atoms with Crippen molar-refractivity contribution in [1.82, 2.24) is 4.98 Å². The summed E-state index contributed by atoms with van der Waals surface area (Å²) in [6.45, 7) is 3.78. The summed E-state index contributed by atoms with van der Waals surface area (Å²) in [5, 5.41) is 0. The molecule has 0 amide bonds. The largest absolute Gasteiger partial charge is 0.398 e. The van der Waals surface area contributed by atoms with E-state index in [9.17, 15) is 0 Å². The van der Waals surface area contributed by atoms with E-state index in [0.29, 0.717) is 5.82 Å². The number of anilines is 2. The van der Waals surface area contributed by atoms with E-state index in [1.165, 1.54) is 0 Å². The Balaban J connectivity index is 3.34. The van der Waals surface area contributed by atoms with E-state index in [1.54, 1.807) is 6.20 Å². The highest BCUT2D eigenvalue weighted by Gasteiger charge is 2.00. The fraction of sp³-hybridized carbons (Fsp3) is 0.286. The Bertz CT molecular complexity index is 228. The molecule has 0 saturated heterocycles. The van der Waals surface area contributed by atoms with Crippen LogP contribution >= 0.6 is 0 Å². The van der Waals surface area contributed by atoms with Crippen LogP contribution in [0.1, 0.15) is 11.1 Å². The van der Waals surface area contributed by atoms with Crippen LogP contribution in [-0.4, -0.2) is 4.98 Å². The normalized spacial score (nSPS) is 9.80. The van der Waals surface area contributed by atoms with Crippen molar-refractivity contribution in [3.8, 4) is 0 Å². The van der Waals surface area contributed by atoms with Crippen LogP contribution < -0.4 is 11.5 Å². The number of pyridine rings is 1. The summed E-state index contributed by atoms with van der Waals surface area (Å²) in [5.41, 5.74) is 13.8. The average Bonchev–Trinajstić information content (AvgIpc) is 1.93. The highest BCUT2D eigenvalue weighted by atomic mass is 14.8. The Morgan fingerprint density at radius 3 is 2.40 bits per heavy atom. The zero-order chi connectivity index (χ0) is 7.72. The molecule has 4 N–H and O–H groups in total. The second-order valence-corrected chi connectivity index (χ2v) is 2.37. The van der Waals surface area contributed by atoms with E-state index in [4.69, 9.17) is 11.5 Å². The van der Waals surface area contributed by atoms with Crippen LogP contribution in [0.3, 0.4) is 0 Å². The Hall–Kier alpha value is -1.25. The van der Waals surface area contributed by atoms with Gasteiger partial charge in [-0.3, -0.25) is 0 Å². The molecule has 0 aliphatic heterocycles. The van der Waals surface area contributed by atoms with Gasteiger partial charge < -0.3 is 11.5 Å². The smallest absolute Gasteiger partial charge is 0.128 e. The number of rotatable bonds is 0. The van der Waals surface area contributed by atoms with Crippen molar-refractivity contribution in [3.63, 3.8) is 0 Å². The van der Waals surface area contributed by atoms with Gasteiger partial charge in [0, 0.05) is 17.4 Å². The first-order chi connectivity index (χ1) is 4.63. The molecule has 0 aliphatic rings. The quantitative estimate of drug-likeness (QED) is 0.557. The second-order valence-electron chi connectivity index (χ2n) is 2.37. The molecule has 0 radical (unpaired) electrons. The van der Waals surface area contributed by atoms with Crippen molar-refractivity contribution in [3.05, 3.63) is 17.3 Å². The minimum atomic E-state index is 0.517. The van der Waals surface area contributed by atoms with Gasteiger partial charge in [0.1, 0.15) is 5.82 Å². The zero-order valence-corrected chi connectivity index (χ0v) is 6.18. The second kappa shape index (κ2) is 2.17. The molecule has 1 rings (SSSR count). The van der Waals surface area contributed by atoms with Crippen LogP contribution in [0.5, 0.6) is 0 Å². The van der Waals surface area contributed by atoms with Crippen molar-refractivity contribution in [2.24, 2.45) is 0 Å². The molecule has 0 bridgehead atoms. The molecule has 0 spiro atoms. The Morgan fingerprint density at radius 2 is 1.90 bits per heavy atom. The minimum Gasteiger partial charge on any atom is -0.398 e. The van der Waals surface area contributed by atoms with Gasteiger partial charge in [-0.05, 0) is 19.4 Å². The number of hydrogen-bond donors (Lipinski definition) is 2. The summed E-state index contributed by atoms with van der Waals surface area (Å²) in [7, 11) is 0. The lowest BCUT2D eigenvalue weighted by molar-refractivity contribution is 1.24. The molecule has 0 aromatic carbocycles. The molecule has 1 aromatic rings. The predicted molar refractivity (Wildman–Crippen MR) is 42.5 cm³/mol. The standard InChI is InChI=1S/C7H11N3/c1-4-3-10-7(9)5(2)6(4)8/h3H,1-2H3,(H4,8,9,10). The monoisotopic (exact) mass is 137 g/mol. The fourth-order valence-corrected chi connectivity index (χ4v) is 0.766. The van der Waals surface area contributed by atoms with E-state index in [1.807, 2.05) is 13.8 Å². The average molecular weight is 137 g/mol. The Labute approximate surface area is 60.1 Å². The molecule has 0 unspecified atom stereocenters. The maximum atomic E-state index is 5.66. The van der Waals surface area contributed by atoms with Crippen LogP contribution in [0.15, 0.2) is 6.20 Å². The van der Waals surface area contributed by atoms with Gasteiger partial charge in [-0.15, -0.1) is 0 Å². The van der Waals surface area contributed by atoms with Gasteiger partial charge in [-0.25, -0.2) is 4.98 Å². The van der Waals surface area contributed by atoms with E-state index < -0.39 is 0 Å². The van der Waals surface area contributed by atoms with Gasteiger partial charge in [-0.2, -0.15) is 0 Å². The summed E-state index contributed by atoms with van der Waals surface area (Å²) >= 11 is 0. The Kier molecular flexibility index (Phi) is 1.49. The molecule has 10 heavy (non-hydrogen) atoms. The molecular weight excluding hydrogens is 126 g/mol. The first-order valence-corrected chi connectivity index (χ1v) is 3.10. The number of aryl methyl sites for hydroxylation is 1. The molecule has 3 nitrogen and oxygen atoms in total. The minimum absolute atomic E-state index is 0.517. The van der Waals surface area contributed by atoms with Crippen molar-refractivity contribution < 1.29 is 0 Å². The highest BCUT2D eigenvalue weighted by molar-refractivity contribution is 5.59. The number of nitrogens with two attached hydrogens (primary N) is 2. The molecule has 0 saturated carbocycles. The topological polar surface area (TPSA) is 64.9 Å². The molecular formula is C7H11N3. The summed E-state index contributed by atoms with van der Waals surface area (Å²) in [6, 6.07) is 0. The third kappa shape index (κ3) is 0.900. The number of hydrogen-bond acceptors (Lipinski definition) is 3. The SMILES string of the molecule is Cc1cnc(N)c(C)c1N. The lowest BCUT2D eigenvalue weighted by Gasteiger charge is -2.04. The van der Waals surface area contributed by atoms with Crippen LogP contribution in [0.2, 0.25) is 0 Å². The number of aromatic nitrogens is 1. The molecule has 0 fully saturated rings. The van der Waals surface area contributed by atoms with Crippen molar-refractivity contribution >= 4 is 11.5 Å². The lowest BCUT2D eigenvalue weighted by Crippen LogP contribution is -2.00. The van der Waals surface area contributed by atoms with E-state index in [2.05, 4.69) is 4.98 Å². The van der Waals surface area contributed by atoms with Gasteiger partial charge >= 0.3 is 0 Å². The third-order valence-corrected chi connectivity index (χ3v) is 1.61. The lowest BCUT2D eigenvalue weighted by atomic mass is 10.2. The van der Waals surface area contributed by atoms with Gasteiger partial charge in [0.15, 0.2) is 0 Å². The molecule has 1 aromatic heterocycles. The van der Waals surface area contributed by atoms with Crippen molar-refractivity contribution in [2.75, 3.05) is 11.5 Å². The maximum absolute atomic E-state index is 5.66. The summed E-state index contributed by atoms with van der Waals surface area (Å²) in [4.78, 5) is 3.94. The fourth-order valence-electron chi connectivity index (χ4n) is 0.766. The predicted octanol–water partition coefficient (Wildman–Crippen LogP) is 0.863. The van der Waals surface area contributed by atoms with E-state index >= 15 is 0 Å². The molecule has 0 atom stereocenters. The van der Waals surface area contributed by atoms with E-state index in [0.717, 1.165) is 16.8 Å². The molecule has 54 valence electrons. The first-order valence-electron chi connectivity index (χ1n) is 3.10. The summed E-state index contributed by atoms with van der Waals surface area (Å²) < 4.78 is 0. The number of nitrogens with zero attached hydrogens (tertiary/aromatic N) is 1. The molecule has 0 aliphatic carbocycles. The maximum Gasteiger partial charge on any atom is 0.128 e. The van der Waals surface area contributed by atoms with Gasteiger partial charge in [0.2, 0.25) is 0 Å². The van der Waals surface area contributed by atoms with Gasteiger partial charge in [0.05, 0.1) is 0 Å². The summed E-state index contributed by atoms with van der Waals surface area (Å²) in [6.07, 6.45) is 1.68. The third-order valence-electron chi connectivity index (χ3n) is 1.61. The summed E-state index contributed by atoms with van der Waals surface area (Å²) in [5.74, 6) is 0.517. The van der Waals surface area contributed by atoms with Crippen LogP contribution in [0.25, 0.3) is 0 Å². The molecule has 1 heterocycles. The Morgan fingerprint density at radius 1 is 1.30 bits per heavy atom. The van der Waals surface area contributed by atoms with Gasteiger partial charge in [-0.1, -0.05) is 0 Å². The zero-order valence-electron chi connectivity index (χ0n) is 6.18. The van der Waals surface area contributed by atoms with Crippen molar-refractivity contribution in [2.45, 2.75) is 13.8 Å². The number of nitrogen functional groups attached to an aromatic ring is 2. The van der Waals surface area contributed by atoms with Crippen LogP contribution in [-0.2, 0) is 0 Å².